The molecule has 6 rings (SSSR count). The molecule has 3 fully saturated rings. The molecular weight excluding hydrogens is 356 g/mol. The lowest BCUT2D eigenvalue weighted by molar-refractivity contribution is -0.140. The van der Waals surface area contributed by atoms with Crippen molar-refractivity contribution in [3.05, 3.63) is 36.4 Å². The topological polar surface area (TPSA) is 75.7 Å². The Bertz CT molecular complexity index is 826. The number of allylic oxidation sites excluding steroid dienone is 2. The number of nitrogens with zero attached hydrogens (tertiary/aromatic N) is 1. The quantitative estimate of drug-likeness (QED) is 0.608. The maximum Gasteiger partial charge on any atom is 0.233 e. The Morgan fingerprint density at radius 1 is 1.07 bits per heavy atom. The van der Waals surface area contributed by atoms with Crippen LogP contribution in [0.3, 0.4) is 0 Å². The molecule has 1 heterocycles. The highest BCUT2D eigenvalue weighted by Gasteiger charge is 2.66. The van der Waals surface area contributed by atoms with Crippen molar-refractivity contribution in [3.8, 4) is 5.75 Å². The fourth-order valence-electron chi connectivity index (χ4n) is 5.48. The highest BCUT2D eigenvalue weighted by Crippen LogP contribution is 2.65. The van der Waals surface area contributed by atoms with E-state index in [9.17, 15) is 14.4 Å². The zero-order valence-electron chi connectivity index (χ0n) is 15.8. The number of nitrogens with one attached hydrogen (secondary N) is 1. The van der Waals surface area contributed by atoms with Crippen LogP contribution in [0.25, 0.3) is 0 Å². The van der Waals surface area contributed by atoms with Gasteiger partial charge in [0.25, 0.3) is 0 Å². The second-order valence-corrected chi connectivity index (χ2v) is 8.24. The molecule has 6 nitrogen and oxygen atoms in total. The molecule has 6 heteroatoms. The number of carbonyl (C=O) groups is 3. The maximum absolute atomic E-state index is 12.9. The molecule has 1 saturated heterocycles. The molecule has 1 N–H and O–H groups in total. The molecule has 0 radical (unpaired) electrons. The molecule has 4 aliphatic carbocycles. The molecule has 0 aromatic heterocycles. The first kappa shape index (κ1) is 17.5. The summed E-state index contributed by atoms with van der Waals surface area (Å²) in [6.07, 6.45) is 5.58. The molecule has 1 aliphatic heterocycles. The number of ether oxygens (including phenoxy) is 1. The Morgan fingerprint density at radius 2 is 1.68 bits per heavy atom. The van der Waals surface area contributed by atoms with E-state index >= 15 is 0 Å². The monoisotopic (exact) mass is 380 g/mol. The second-order valence-electron chi connectivity index (χ2n) is 8.24. The second kappa shape index (κ2) is 6.47. The van der Waals surface area contributed by atoms with E-state index < -0.39 is 0 Å². The average Bonchev–Trinajstić information content (AvgIpc) is 3.47. The molecule has 2 saturated carbocycles. The number of likely N-dealkylation sites (tertiary alicyclic amines) is 1. The van der Waals surface area contributed by atoms with E-state index in [2.05, 4.69) is 17.5 Å². The molecule has 1 aromatic carbocycles. The largest absolute Gasteiger partial charge is 0.494 e. The van der Waals surface area contributed by atoms with Crippen LogP contribution in [0.2, 0.25) is 0 Å². The number of carbonyl (C=O) groups excluding carboxylic acids is 3. The van der Waals surface area contributed by atoms with E-state index in [0.29, 0.717) is 24.1 Å². The van der Waals surface area contributed by atoms with E-state index in [1.165, 1.54) is 4.90 Å². The molecular formula is C22H24N2O4. The fourth-order valence-corrected chi connectivity index (χ4v) is 5.48. The summed E-state index contributed by atoms with van der Waals surface area (Å²) in [6, 6.07) is 7.15. The van der Waals surface area contributed by atoms with Crippen molar-refractivity contribution in [3.63, 3.8) is 0 Å². The van der Waals surface area contributed by atoms with Crippen LogP contribution >= 0.6 is 0 Å². The van der Waals surface area contributed by atoms with E-state index in [1.54, 1.807) is 24.3 Å². The van der Waals surface area contributed by atoms with Crippen molar-refractivity contribution in [2.45, 2.75) is 19.8 Å². The first-order valence-electron chi connectivity index (χ1n) is 10.1. The first-order valence-corrected chi connectivity index (χ1v) is 10.1. The van der Waals surface area contributed by atoms with E-state index in [4.69, 9.17) is 4.74 Å². The first-order chi connectivity index (χ1) is 13.6. The maximum atomic E-state index is 12.9. The van der Waals surface area contributed by atoms with Gasteiger partial charge in [-0.25, -0.2) is 0 Å². The summed E-state index contributed by atoms with van der Waals surface area (Å²) in [5.74, 6) is 1.63. The Balaban J connectivity index is 1.20. The summed E-state index contributed by atoms with van der Waals surface area (Å²) in [4.78, 5) is 39.4. The third kappa shape index (κ3) is 2.65. The molecule has 3 amide bonds. The third-order valence-corrected chi connectivity index (χ3v) is 6.77. The number of rotatable bonds is 6. The lowest BCUT2D eigenvalue weighted by Crippen LogP contribution is -2.40. The highest BCUT2D eigenvalue weighted by molar-refractivity contribution is 6.06. The van der Waals surface area contributed by atoms with Crippen LogP contribution in [-0.4, -0.2) is 35.8 Å². The Kier molecular flexibility index (Phi) is 4.03. The molecule has 1 aromatic rings. The summed E-state index contributed by atoms with van der Waals surface area (Å²) in [7, 11) is 0. The highest BCUT2D eigenvalue weighted by atomic mass is 16.5. The number of benzene rings is 1. The van der Waals surface area contributed by atoms with Crippen LogP contribution in [0.15, 0.2) is 36.4 Å². The number of hydrogen-bond donors (Lipinski definition) is 1. The Hall–Kier alpha value is -2.63. The minimum absolute atomic E-state index is 0.0754. The van der Waals surface area contributed by atoms with Gasteiger partial charge in [-0.15, -0.1) is 0 Å². The molecule has 0 spiro atoms. The van der Waals surface area contributed by atoms with Gasteiger partial charge >= 0.3 is 0 Å². The molecule has 28 heavy (non-hydrogen) atoms. The van der Waals surface area contributed by atoms with Crippen molar-refractivity contribution in [1.29, 1.82) is 0 Å². The zero-order chi connectivity index (χ0) is 19.4. The van der Waals surface area contributed by atoms with Crippen molar-refractivity contribution in [2.24, 2.45) is 35.5 Å². The third-order valence-electron chi connectivity index (χ3n) is 6.77. The standard InChI is InChI=1S/C22H24N2O4/c1-2-28-13-5-3-12(4-6-13)23-18(25)9-10-24-21(26)19-14-7-8-15(17-11-16(14)17)20(19)22(24)27/h3-8,14-17,19-20H,2,9-11H2,1H3,(H,23,25)/t14-,15-,16-,17-,19-,20+/m1/s1. The smallest absolute Gasteiger partial charge is 0.233 e. The van der Waals surface area contributed by atoms with E-state index in [-0.39, 0.29) is 54.4 Å². The van der Waals surface area contributed by atoms with Gasteiger partial charge in [0, 0.05) is 18.7 Å². The van der Waals surface area contributed by atoms with Gasteiger partial charge < -0.3 is 10.1 Å². The van der Waals surface area contributed by atoms with Crippen LogP contribution < -0.4 is 10.1 Å². The van der Waals surface area contributed by atoms with E-state index in [1.807, 2.05) is 6.92 Å². The molecule has 5 aliphatic rings. The summed E-state index contributed by atoms with van der Waals surface area (Å²) in [5.41, 5.74) is 0.670. The summed E-state index contributed by atoms with van der Waals surface area (Å²) < 4.78 is 5.38. The normalized spacial score (nSPS) is 34.2. The van der Waals surface area contributed by atoms with Gasteiger partial charge in [0.15, 0.2) is 0 Å². The molecule has 146 valence electrons. The van der Waals surface area contributed by atoms with Crippen molar-refractivity contribution < 1.29 is 19.1 Å². The van der Waals surface area contributed by atoms with Gasteiger partial charge in [-0.05, 0) is 61.3 Å². The van der Waals surface area contributed by atoms with Crippen molar-refractivity contribution >= 4 is 23.4 Å². The van der Waals surface area contributed by atoms with Gasteiger partial charge in [-0.3, -0.25) is 19.3 Å². The van der Waals surface area contributed by atoms with Gasteiger partial charge in [0.05, 0.1) is 18.4 Å². The summed E-state index contributed by atoms with van der Waals surface area (Å²) in [5, 5.41) is 2.82. The SMILES string of the molecule is CCOc1ccc(NC(=O)CCN2C(=O)[C@@H]3[C@@H]4C=C[C@H]([C@H]5C[C@H]45)[C@@H]3C2=O)cc1. The minimum atomic E-state index is -0.205. The number of hydrogen-bond acceptors (Lipinski definition) is 4. The van der Waals surface area contributed by atoms with Crippen molar-refractivity contribution in [2.75, 3.05) is 18.5 Å². The van der Waals surface area contributed by atoms with Gasteiger partial charge in [0.1, 0.15) is 5.75 Å². The number of anilines is 1. The number of amides is 3. The van der Waals surface area contributed by atoms with Gasteiger partial charge in [-0.2, -0.15) is 0 Å². The van der Waals surface area contributed by atoms with Crippen molar-refractivity contribution in [1.82, 2.24) is 4.90 Å². The minimum Gasteiger partial charge on any atom is -0.494 e. The van der Waals surface area contributed by atoms with Gasteiger partial charge in [0.2, 0.25) is 17.7 Å². The zero-order valence-corrected chi connectivity index (χ0v) is 15.8. The Labute approximate surface area is 163 Å². The lowest BCUT2D eigenvalue weighted by Gasteiger charge is -2.37. The Morgan fingerprint density at radius 3 is 2.25 bits per heavy atom. The van der Waals surface area contributed by atoms with Crippen LogP contribution in [-0.2, 0) is 14.4 Å². The van der Waals surface area contributed by atoms with Crippen LogP contribution in [0.5, 0.6) is 5.75 Å². The summed E-state index contributed by atoms with van der Waals surface area (Å²) in [6.45, 7) is 2.66. The predicted octanol–water partition coefficient (Wildman–Crippen LogP) is 2.47. The lowest BCUT2D eigenvalue weighted by atomic mass is 9.63. The predicted molar refractivity (Wildman–Crippen MR) is 102 cm³/mol. The van der Waals surface area contributed by atoms with Crippen LogP contribution in [0.4, 0.5) is 5.69 Å². The van der Waals surface area contributed by atoms with Crippen LogP contribution in [0, 0.1) is 35.5 Å². The van der Waals surface area contributed by atoms with Gasteiger partial charge in [-0.1, -0.05) is 12.2 Å². The summed E-state index contributed by atoms with van der Waals surface area (Å²) >= 11 is 0. The molecule has 0 unspecified atom stereocenters. The molecule has 6 atom stereocenters. The van der Waals surface area contributed by atoms with E-state index in [0.717, 1.165) is 12.2 Å². The van der Waals surface area contributed by atoms with Crippen LogP contribution in [0.1, 0.15) is 19.8 Å². The average molecular weight is 380 g/mol. The fraction of sp³-hybridized carbons (Fsp3) is 0.500. The number of imide groups is 1. The molecule has 2 bridgehead atoms.